The summed E-state index contributed by atoms with van der Waals surface area (Å²) in [6, 6.07) is 0. The maximum absolute atomic E-state index is 11.3. The van der Waals surface area contributed by atoms with E-state index in [0.717, 1.165) is 0 Å². The highest BCUT2D eigenvalue weighted by molar-refractivity contribution is 5.88. The number of amides is 1. The summed E-state index contributed by atoms with van der Waals surface area (Å²) in [6.07, 6.45) is 2.65. The molecule has 9 heteroatoms. The van der Waals surface area contributed by atoms with Crippen LogP contribution in [0.15, 0.2) is 12.7 Å². The molecule has 0 aliphatic carbocycles. The number of nitrogens with zero attached hydrogens (tertiary/aromatic N) is 6. The van der Waals surface area contributed by atoms with Crippen LogP contribution in [0.1, 0.15) is 0 Å². The summed E-state index contributed by atoms with van der Waals surface area (Å²) in [5.74, 6) is 0.0112. The quantitative estimate of drug-likeness (QED) is 0.610. The highest BCUT2D eigenvalue weighted by Crippen LogP contribution is 1.92. The molecule has 0 spiro atoms. The fraction of sp³-hybridized carbons (Fsp3) is 0.200. The molecule has 0 unspecified atom stereocenters. The summed E-state index contributed by atoms with van der Waals surface area (Å²) in [5, 5.41) is 18.9. The molecule has 2 heterocycles. The highest BCUT2D eigenvalue weighted by atomic mass is 16.2. The maximum atomic E-state index is 11.3. The van der Waals surface area contributed by atoms with E-state index in [1.54, 1.807) is 0 Å². The van der Waals surface area contributed by atoms with Crippen LogP contribution in [0.25, 0.3) is 0 Å². The molecule has 0 atom stereocenters. The van der Waals surface area contributed by atoms with Gasteiger partial charge in [0.1, 0.15) is 19.2 Å². The van der Waals surface area contributed by atoms with Crippen molar-refractivity contribution in [2.24, 2.45) is 0 Å². The van der Waals surface area contributed by atoms with Gasteiger partial charge in [0, 0.05) is 0 Å². The SMILES string of the molecule is O=C(Cn1cnnn1)Nc1ncn[nH]1. The number of tetrazole rings is 1. The van der Waals surface area contributed by atoms with Crippen LogP contribution in [-0.4, -0.2) is 41.3 Å². The Kier molecular flexibility index (Phi) is 2.13. The van der Waals surface area contributed by atoms with Crippen molar-refractivity contribution in [1.29, 1.82) is 0 Å². The zero-order valence-corrected chi connectivity index (χ0v) is 6.95. The first-order chi connectivity index (χ1) is 6.84. The van der Waals surface area contributed by atoms with E-state index in [4.69, 9.17) is 0 Å². The van der Waals surface area contributed by atoms with Crippen LogP contribution in [0.5, 0.6) is 0 Å². The molecule has 0 aliphatic rings. The van der Waals surface area contributed by atoms with E-state index in [0.29, 0.717) is 5.95 Å². The highest BCUT2D eigenvalue weighted by Gasteiger charge is 2.05. The molecule has 2 aromatic rings. The number of H-pyrrole nitrogens is 1. The third kappa shape index (κ3) is 1.88. The van der Waals surface area contributed by atoms with Gasteiger partial charge in [0.15, 0.2) is 0 Å². The molecule has 0 bridgehead atoms. The summed E-state index contributed by atoms with van der Waals surface area (Å²) in [4.78, 5) is 15.0. The largest absolute Gasteiger partial charge is 0.293 e. The second kappa shape index (κ2) is 3.60. The monoisotopic (exact) mass is 194 g/mol. The number of aromatic nitrogens is 7. The molecule has 0 saturated carbocycles. The van der Waals surface area contributed by atoms with Crippen LogP contribution in [0, 0.1) is 0 Å². The van der Waals surface area contributed by atoms with Gasteiger partial charge < -0.3 is 0 Å². The molecule has 0 aliphatic heterocycles. The Morgan fingerprint density at radius 3 is 3.21 bits per heavy atom. The molecule has 0 aromatic carbocycles. The van der Waals surface area contributed by atoms with Crippen molar-refractivity contribution in [1.82, 2.24) is 35.4 Å². The number of carbonyl (C=O) groups excluding carboxylic acids is 1. The summed E-state index contributed by atoms with van der Waals surface area (Å²) in [5.41, 5.74) is 0. The number of rotatable bonds is 3. The van der Waals surface area contributed by atoms with Crippen molar-refractivity contribution in [3.05, 3.63) is 12.7 Å². The third-order valence-corrected chi connectivity index (χ3v) is 1.37. The van der Waals surface area contributed by atoms with Crippen molar-refractivity contribution in [3.63, 3.8) is 0 Å². The van der Waals surface area contributed by atoms with Gasteiger partial charge in [-0.3, -0.25) is 10.1 Å². The lowest BCUT2D eigenvalue weighted by atomic mass is 10.6. The molecule has 2 rings (SSSR count). The Morgan fingerprint density at radius 1 is 1.64 bits per heavy atom. The summed E-state index contributed by atoms with van der Waals surface area (Å²) < 4.78 is 1.30. The van der Waals surface area contributed by atoms with E-state index in [-0.39, 0.29) is 12.5 Å². The van der Waals surface area contributed by atoms with E-state index < -0.39 is 0 Å². The summed E-state index contributed by atoms with van der Waals surface area (Å²) >= 11 is 0. The van der Waals surface area contributed by atoms with Crippen LogP contribution in [0.3, 0.4) is 0 Å². The molecule has 1 amide bonds. The van der Waals surface area contributed by atoms with Crippen molar-refractivity contribution >= 4 is 11.9 Å². The summed E-state index contributed by atoms with van der Waals surface area (Å²) in [6.45, 7) is 0.0354. The lowest BCUT2D eigenvalue weighted by Crippen LogP contribution is -2.19. The Labute approximate surface area is 77.5 Å². The molecular formula is C5H6N8O. The first kappa shape index (κ1) is 8.29. The third-order valence-electron chi connectivity index (χ3n) is 1.37. The van der Waals surface area contributed by atoms with Gasteiger partial charge in [0.25, 0.3) is 0 Å². The standard InChI is InChI=1S/C5H6N8O/c14-4(1-13-3-8-11-12-13)9-5-6-2-7-10-5/h2-3H,1H2,(H2,6,7,9,10,14). The van der Waals surface area contributed by atoms with Gasteiger partial charge in [-0.25, -0.2) is 9.78 Å². The van der Waals surface area contributed by atoms with Crippen molar-refractivity contribution in [2.45, 2.75) is 6.54 Å². The normalized spacial score (nSPS) is 10.0. The zero-order valence-electron chi connectivity index (χ0n) is 6.95. The average molecular weight is 194 g/mol. The second-order valence-electron chi connectivity index (χ2n) is 2.39. The van der Waals surface area contributed by atoms with E-state index in [9.17, 15) is 4.79 Å². The lowest BCUT2D eigenvalue weighted by Gasteiger charge is -1.99. The van der Waals surface area contributed by atoms with Crippen molar-refractivity contribution in [2.75, 3.05) is 5.32 Å². The van der Waals surface area contributed by atoms with Gasteiger partial charge in [-0.15, -0.1) is 5.10 Å². The minimum Gasteiger partial charge on any atom is -0.293 e. The van der Waals surface area contributed by atoms with Gasteiger partial charge >= 0.3 is 0 Å². The van der Waals surface area contributed by atoms with E-state index in [1.807, 2.05) is 0 Å². The fourth-order valence-corrected chi connectivity index (χ4v) is 0.837. The first-order valence-corrected chi connectivity index (χ1v) is 3.70. The molecule has 72 valence electrons. The van der Waals surface area contributed by atoms with Crippen LogP contribution >= 0.6 is 0 Å². The Hall–Kier alpha value is -2.32. The predicted octanol–water partition coefficient (Wildman–Crippen LogP) is -1.57. The van der Waals surface area contributed by atoms with Gasteiger partial charge in [-0.05, 0) is 10.4 Å². The number of hydrogen-bond donors (Lipinski definition) is 2. The topological polar surface area (TPSA) is 114 Å². The maximum Gasteiger partial charge on any atom is 0.248 e. The van der Waals surface area contributed by atoms with Gasteiger partial charge in [0.05, 0.1) is 0 Å². The van der Waals surface area contributed by atoms with Crippen molar-refractivity contribution in [3.8, 4) is 0 Å². The Balaban J connectivity index is 1.91. The zero-order chi connectivity index (χ0) is 9.80. The molecule has 0 radical (unpaired) electrons. The minimum atomic E-state index is -0.283. The number of carbonyl (C=O) groups is 1. The number of anilines is 1. The molecule has 0 saturated heterocycles. The van der Waals surface area contributed by atoms with Gasteiger partial charge in [0.2, 0.25) is 11.9 Å². The van der Waals surface area contributed by atoms with Crippen LogP contribution < -0.4 is 5.32 Å². The average Bonchev–Trinajstić information content (AvgIpc) is 2.76. The molecule has 14 heavy (non-hydrogen) atoms. The molecule has 9 nitrogen and oxygen atoms in total. The number of aromatic amines is 1. The van der Waals surface area contributed by atoms with E-state index in [1.165, 1.54) is 17.3 Å². The predicted molar refractivity (Wildman–Crippen MR) is 42.8 cm³/mol. The molecule has 2 N–H and O–H groups in total. The Morgan fingerprint density at radius 2 is 2.57 bits per heavy atom. The number of hydrogen-bond acceptors (Lipinski definition) is 6. The fourth-order valence-electron chi connectivity index (χ4n) is 0.837. The van der Waals surface area contributed by atoms with Gasteiger partial charge in [-0.2, -0.15) is 10.1 Å². The van der Waals surface area contributed by atoms with Gasteiger partial charge in [-0.1, -0.05) is 0 Å². The number of nitrogens with one attached hydrogen (secondary N) is 2. The van der Waals surface area contributed by atoms with E-state index in [2.05, 4.69) is 36.0 Å². The Bertz CT molecular complexity index is 353. The second-order valence-corrected chi connectivity index (χ2v) is 2.39. The first-order valence-electron chi connectivity index (χ1n) is 3.70. The smallest absolute Gasteiger partial charge is 0.248 e. The van der Waals surface area contributed by atoms with Crippen molar-refractivity contribution < 1.29 is 4.79 Å². The van der Waals surface area contributed by atoms with Crippen LogP contribution in [0.4, 0.5) is 5.95 Å². The minimum absolute atomic E-state index is 0.0354. The molecule has 2 aromatic heterocycles. The lowest BCUT2D eigenvalue weighted by molar-refractivity contribution is -0.117. The molecular weight excluding hydrogens is 188 g/mol. The van der Waals surface area contributed by atoms with E-state index >= 15 is 0 Å². The van der Waals surface area contributed by atoms with Crippen LogP contribution in [-0.2, 0) is 11.3 Å². The molecule has 0 fully saturated rings. The van der Waals surface area contributed by atoms with Crippen LogP contribution in [0.2, 0.25) is 0 Å². The summed E-state index contributed by atoms with van der Waals surface area (Å²) in [7, 11) is 0.